The predicted octanol–water partition coefficient (Wildman–Crippen LogP) is 17.0. The van der Waals surface area contributed by atoms with Gasteiger partial charge in [0.15, 0.2) is 0 Å². The van der Waals surface area contributed by atoms with Gasteiger partial charge in [-0.25, -0.2) is 0 Å². The number of allylic oxidation sites excluding steroid dienone is 7. The molecule has 2 unspecified atom stereocenters. The fourth-order valence-electron chi connectivity index (χ4n) is 8.25. The number of aliphatic hydroxyl groups excluding tert-OH is 2. The van der Waals surface area contributed by atoms with Crippen LogP contribution in [0.25, 0.3) is 0 Å². The highest BCUT2D eigenvalue weighted by atomic mass is 16.5. The molecule has 0 aliphatic heterocycles. The molecule has 0 heterocycles. The van der Waals surface area contributed by atoms with Crippen LogP contribution < -0.4 is 5.32 Å². The second kappa shape index (κ2) is 53.4. The molecule has 0 saturated carbocycles. The number of carbonyl (C=O) groups excluding carboxylic acids is 2. The first-order valence-electron chi connectivity index (χ1n) is 27.9. The Balaban J connectivity index is 3.45. The summed E-state index contributed by atoms with van der Waals surface area (Å²) >= 11 is 0. The van der Waals surface area contributed by atoms with Crippen molar-refractivity contribution >= 4 is 11.9 Å². The third-order valence-electron chi connectivity index (χ3n) is 12.6. The Labute approximate surface area is 397 Å². The average Bonchev–Trinajstić information content (AvgIpc) is 3.29. The molecule has 0 aliphatic rings. The van der Waals surface area contributed by atoms with Crippen LogP contribution in [0.1, 0.15) is 284 Å². The van der Waals surface area contributed by atoms with Crippen LogP contribution in [0.2, 0.25) is 0 Å². The maximum atomic E-state index is 12.4. The molecule has 0 aliphatic carbocycles. The molecule has 0 saturated heterocycles. The summed E-state index contributed by atoms with van der Waals surface area (Å²) in [5.41, 5.74) is 0. The van der Waals surface area contributed by atoms with Gasteiger partial charge in [0.25, 0.3) is 0 Å². The first-order valence-corrected chi connectivity index (χ1v) is 27.9. The highest BCUT2D eigenvalue weighted by Crippen LogP contribution is 2.15. The Morgan fingerprint density at radius 3 is 1.22 bits per heavy atom. The van der Waals surface area contributed by atoms with Crippen LogP contribution in [-0.2, 0) is 14.3 Å². The highest BCUT2D eigenvalue weighted by molar-refractivity contribution is 5.76. The van der Waals surface area contributed by atoms with Gasteiger partial charge in [-0.05, 0) is 89.9 Å². The van der Waals surface area contributed by atoms with E-state index in [0.29, 0.717) is 19.4 Å². The topological polar surface area (TPSA) is 95.9 Å². The molecule has 0 rings (SSSR count). The standard InChI is InChI=1S/C58H107NO5/c1-3-5-7-9-11-13-15-16-17-25-28-32-36-40-44-48-52-58(63)64-53-49-45-41-37-33-29-26-23-21-19-18-20-22-24-27-31-35-39-43-47-51-57(62)59-55(54-60)56(61)50-46-42-38-34-30-14-12-10-8-6-4-2/h13,15,17-18,20,25,46,50,55-56,60-61H,3-12,14,16,19,21-24,26-45,47-49,51-54H2,1-2H3,(H,59,62)/b15-13-,20-18-,25-17-,50-46+. The monoisotopic (exact) mass is 898 g/mol. The lowest BCUT2D eigenvalue weighted by molar-refractivity contribution is -0.143. The fraction of sp³-hybridized carbons (Fsp3) is 0.828. The Kier molecular flexibility index (Phi) is 51.6. The Hall–Kier alpha value is -2.18. The van der Waals surface area contributed by atoms with Gasteiger partial charge in [0.2, 0.25) is 5.91 Å². The smallest absolute Gasteiger partial charge is 0.305 e. The quantitative estimate of drug-likeness (QED) is 0.0321. The molecule has 2 atom stereocenters. The lowest BCUT2D eigenvalue weighted by Crippen LogP contribution is -2.45. The second-order valence-corrected chi connectivity index (χ2v) is 18.9. The van der Waals surface area contributed by atoms with E-state index in [1.807, 2.05) is 6.08 Å². The number of unbranched alkanes of at least 4 members (excludes halogenated alkanes) is 34. The van der Waals surface area contributed by atoms with E-state index < -0.39 is 12.1 Å². The zero-order valence-corrected chi connectivity index (χ0v) is 42.5. The maximum Gasteiger partial charge on any atom is 0.305 e. The molecule has 64 heavy (non-hydrogen) atoms. The SMILES string of the molecule is CCCCCC/C=C\C/C=C\CCCCCCCC(=O)OCCCCCCCCCCC/C=C\CCCCCCCCCC(=O)NC(CO)C(O)/C=C/CCCCCCCCCCC. The summed E-state index contributed by atoms with van der Waals surface area (Å²) in [5, 5.41) is 23.0. The van der Waals surface area contributed by atoms with E-state index in [2.05, 4.69) is 55.6 Å². The average molecular weight is 898 g/mol. The minimum Gasteiger partial charge on any atom is -0.466 e. The van der Waals surface area contributed by atoms with Crippen LogP contribution in [0.3, 0.4) is 0 Å². The first-order chi connectivity index (χ1) is 31.5. The zero-order chi connectivity index (χ0) is 46.5. The van der Waals surface area contributed by atoms with Crippen LogP contribution in [0.5, 0.6) is 0 Å². The Bertz CT molecular complexity index is 1080. The van der Waals surface area contributed by atoms with Crippen molar-refractivity contribution in [3.63, 3.8) is 0 Å². The summed E-state index contributed by atoms with van der Waals surface area (Å²) in [6.45, 7) is 4.85. The van der Waals surface area contributed by atoms with Crippen molar-refractivity contribution in [1.82, 2.24) is 5.32 Å². The fourth-order valence-corrected chi connectivity index (χ4v) is 8.25. The molecule has 0 radical (unpaired) electrons. The summed E-state index contributed by atoms with van der Waals surface area (Å²) in [6.07, 6.45) is 67.0. The molecule has 0 bridgehead atoms. The zero-order valence-electron chi connectivity index (χ0n) is 42.5. The van der Waals surface area contributed by atoms with E-state index in [9.17, 15) is 19.8 Å². The summed E-state index contributed by atoms with van der Waals surface area (Å²) < 4.78 is 5.47. The lowest BCUT2D eigenvalue weighted by atomic mass is 10.1. The van der Waals surface area contributed by atoms with Crippen molar-refractivity contribution in [3.05, 3.63) is 48.6 Å². The van der Waals surface area contributed by atoms with Crippen molar-refractivity contribution in [1.29, 1.82) is 0 Å². The minimum absolute atomic E-state index is 0.00875. The van der Waals surface area contributed by atoms with Gasteiger partial charge in [-0.15, -0.1) is 0 Å². The van der Waals surface area contributed by atoms with Gasteiger partial charge in [0.05, 0.1) is 25.4 Å². The summed E-state index contributed by atoms with van der Waals surface area (Å²) in [4.78, 5) is 24.4. The van der Waals surface area contributed by atoms with Crippen LogP contribution in [0, 0.1) is 0 Å². The molecule has 0 aromatic carbocycles. The van der Waals surface area contributed by atoms with E-state index in [1.54, 1.807) is 6.08 Å². The number of carbonyl (C=O) groups is 2. The van der Waals surface area contributed by atoms with Gasteiger partial charge >= 0.3 is 5.97 Å². The van der Waals surface area contributed by atoms with E-state index in [1.165, 1.54) is 199 Å². The van der Waals surface area contributed by atoms with Crippen LogP contribution in [0.4, 0.5) is 0 Å². The number of esters is 1. The molecule has 0 aromatic heterocycles. The normalized spacial score (nSPS) is 13.0. The van der Waals surface area contributed by atoms with E-state index in [4.69, 9.17) is 4.74 Å². The third kappa shape index (κ3) is 49.3. The molecule has 6 nitrogen and oxygen atoms in total. The summed E-state index contributed by atoms with van der Waals surface area (Å²) in [7, 11) is 0. The number of amides is 1. The van der Waals surface area contributed by atoms with Gasteiger partial charge < -0.3 is 20.3 Å². The number of ether oxygens (including phenoxy) is 1. The van der Waals surface area contributed by atoms with Crippen LogP contribution >= 0.6 is 0 Å². The maximum absolute atomic E-state index is 12.4. The van der Waals surface area contributed by atoms with E-state index in [0.717, 1.165) is 57.8 Å². The van der Waals surface area contributed by atoms with Gasteiger partial charge in [-0.1, -0.05) is 229 Å². The largest absolute Gasteiger partial charge is 0.466 e. The van der Waals surface area contributed by atoms with Crippen molar-refractivity contribution in [3.8, 4) is 0 Å². The number of hydrogen-bond acceptors (Lipinski definition) is 5. The minimum atomic E-state index is -0.849. The van der Waals surface area contributed by atoms with E-state index in [-0.39, 0.29) is 18.5 Å². The Morgan fingerprint density at radius 1 is 0.438 bits per heavy atom. The van der Waals surface area contributed by atoms with E-state index >= 15 is 0 Å². The summed E-state index contributed by atoms with van der Waals surface area (Å²) in [5.74, 6) is -0.0879. The van der Waals surface area contributed by atoms with Crippen molar-refractivity contribution in [2.45, 2.75) is 296 Å². The van der Waals surface area contributed by atoms with Gasteiger partial charge in [0.1, 0.15) is 0 Å². The number of hydrogen-bond donors (Lipinski definition) is 3. The van der Waals surface area contributed by atoms with Crippen molar-refractivity contribution in [2.75, 3.05) is 13.2 Å². The molecular formula is C58H107NO5. The van der Waals surface area contributed by atoms with Crippen molar-refractivity contribution in [2.24, 2.45) is 0 Å². The lowest BCUT2D eigenvalue weighted by Gasteiger charge is -2.20. The molecule has 0 fully saturated rings. The molecule has 3 N–H and O–H groups in total. The van der Waals surface area contributed by atoms with Gasteiger partial charge in [0, 0.05) is 12.8 Å². The van der Waals surface area contributed by atoms with Crippen molar-refractivity contribution < 1.29 is 24.5 Å². The number of rotatable bonds is 51. The van der Waals surface area contributed by atoms with Gasteiger partial charge in [-0.3, -0.25) is 9.59 Å². The van der Waals surface area contributed by atoms with Crippen LogP contribution in [0.15, 0.2) is 48.6 Å². The number of aliphatic hydroxyl groups is 2. The third-order valence-corrected chi connectivity index (χ3v) is 12.6. The molecule has 6 heteroatoms. The first kappa shape index (κ1) is 61.8. The van der Waals surface area contributed by atoms with Gasteiger partial charge in [-0.2, -0.15) is 0 Å². The number of nitrogens with one attached hydrogen (secondary N) is 1. The second-order valence-electron chi connectivity index (χ2n) is 18.9. The molecule has 0 spiro atoms. The molecule has 374 valence electrons. The molecule has 0 aromatic rings. The predicted molar refractivity (Wildman–Crippen MR) is 278 cm³/mol. The van der Waals surface area contributed by atoms with Crippen LogP contribution in [-0.4, -0.2) is 47.4 Å². The highest BCUT2D eigenvalue weighted by Gasteiger charge is 2.18. The molecular weight excluding hydrogens is 791 g/mol. The summed E-state index contributed by atoms with van der Waals surface area (Å²) in [6, 6.07) is -0.634. The Morgan fingerprint density at radius 2 is 0.781 bits per heavy atom. The molecule has 1 amide bonds.